The van der Waals surface area contributed by atoms with E-state index >= 15 is 0 Å². The number of aromatic nitrogens is 5. The molecule has 0 bridgehead atoms. The van der Waals surface area contributed by atoms with E-state index < -0.39 is 0 Å². The highest BCUT2D eigenvalue weighted by molar-refractivity contribution is 7.11. The molecule has 2 N–H and O–H groups in total. The van der Waals surface area contributed by atoms with Gasteiger partial charge in [-0.3, -0.25) is 15.1 Å². The quantitative estimate of drug-likeness (QED) is 0.350. The molecule has 0 atom stereocenters. The van der Waals surface area contributed by atoms with E-state index in [2.05, 4.69) is 68.3 Å². The topological polar surface area (TPSA) is 70.2 Å². The molecule has 0 saturated heterocycles. The van der Waals surface area contributed by atoms with Crippen LogP contribution in [0.1, 0.15) is 16.1 Å². The number of aromatic amines is 2. The van der Waals surface area contributed by atoms with Crippen LogP contribution in [0.5, 0.6) is 0 Å². The Kier molecular flexibility index (Phi) is 4.61. The van der Waals surface area contributed by atoms with Gasteiger partial charge in [0, 0.05) is 33.3 Å². The molecule has 0 unspecified atom stereocenters. The molecule has 5 heterocycles. The van der Waals surface area contributed by atoms with Gasteiger partial charge in [-0.1, -0.05) is 30.9 Å². The van der Waals surface area contributed by atoms with E-state index in [1.165, 1.54) is 4.88 Å². The van der Waals surface area contributed by atoms with Crippen molar-refractivity contribution in [1.29, 1.82) is 0 Å². The molecule has 30 heavy (non-hydrogen) atoms. The Morgan fingerprint density at radius 3 is 2.80 bits per heavy atom. The van der Waals surface area contributed by atoms with E-state index in [1.807, 2.05) is 30.3 Å². The van der Waals surface area contributed by atoms with Gasteiger partial charge in [0.15, 0.2) is 0 Å². The van der Waals surface area contributed by atoms with Crippen LogP contribution in [0.2, 0.25) is 0 Å². The molecular weight excluding hydrogens is 390 g/mol. The van der Waals surface area contributed by atoms with Crippen LogP contribution in [-0.4, -0.2) is 25.1 Å². The Balaban J connectivity index is 1.62. The van der Waals surface area contributed by atoms with Gasteiger partial charge in [-0.15, -0.1) is 11.3 Å². The van der Waals surface area contributed by atoms with Crippen molar-refractivity contribution >= 4 is 27.8 Å². The van der Waals surface area contributed by atoms with E-state index in [0.29, 0.717) is 0 Å². The summed E-state index contributed by atoms with van der Waals surface area (Å²) >= 11 is 1.72. The number of nitrogens with one attached hydrogen (secondary N) is 2. The number of nitrogens with zero attached hydrogens (tertiary/aromatic N) is 3. The molecule has 0 amide bonds. The van der Waals surface area contributed by atoms with Gasteiger partial charge in [-0.25, -0.2) is 0 Å². The van der Waals surface area contributed by atoms with E-state index in [1.54, 1.807) is 23.7 Å². The summed E-state index contributed by atoms with van der Waals surface area (Å²) < 4.78 is 0. The third-order valence-electron chi connectivity index (χ3n) is 5.01. The van der Waals surface area contributed by atoms with Gasteiger partial charge in [0.1, 0.15) is 5.69 Å². The van der Waals surface area contributed by atoms with Gasteiger partial charge in [-0.05, 0) is 42.6 Å². The smallest absolute Gasteiger partial charge is 0.116 e. The number of aryl methyl sites for hydroxylation is 1. The fourth-order valence-electron chi connectivity index (χ4n) is 3.60. The maximum atomic E-state index is 4.57. The normalized spacial score (nSPS) is 11.8. The second-order valence-electron chi connectivity index (χ2n) is 6.92. The molecule has 0 radical (unpaired) electrons. The van der Waals surface area contributed by atoms with Crippen molar-refractivity contribution in [3.8, 4) is 22.8 Å². The Morgan fingerprint density at radius 1 is 1.10 bits per heavy atom. The van der Waals surface area contributed by atoms with Crippen LogP contribution in [0.3, 0.4) is 0 Å². The highest BCUT2D eigenvalue weighted by Crippen LogP contribution is 2.34. The fraction of sp³-hybridized carbons (Fsp3) is 0.0417. The minimum Gasteiger partial charge on any atom is -0.357 e. The summed E-state index contributed by atoms with van der Waals surface area (Å²) in [6, 6.07) is 14.2. The van der Waals surface area contributed by atoms with Gasteiger partial charge in [0.2, 0.25) is 0 Å². The summed E-state index contributed by atoms with van der Waals surface area (Å²) in [5, 5.41) is 10.8. The van der Waals surface area contributed by atoms with Crippen LogP contribution < -0.4 is 0 Å². The molecule has 0 aliphatic carbocycles. The number of hydrogen-bond donors (Lipinski definition) is 2. The lowest BCUT2D eigenvalue weighted by atomic mass is 10.0. The molecule has 0 aliphatic heterocycles. The first kappa shape index (κ1) is 18.3. The molecule has 0 saturated carbocycles. The van der Waals surface area contributed by atoms with Crippen molar-refractivity contribution in [2.45, 2.75) is 6.92 Å². The first-order valence-corrected chi connectivity index (χ1v) is 10.4. The first-order chi connectivity index (χ1) is 14.7. The average Bonchev–Trinajstić information content (AvgIpc) is 3.52. The molecule has 0 fully saturated rings. The Hall–Kier alpha value is -3.77. The summed E-state index contributed by atoms with van der Waals surface area (Å²) in [6.07, 6.45) is 7.46. The second-order valence-corrected chi connectivity index (χ2v) is 7.87. The maximum absolute atomic E-state index is 4.57. The zero-order chi connectivity index (χ0) is 20.5. The number of allylic oxidation sites excluding steroid dienone is 2. The summed E-state index contributed by atoms with van der Waals surface area (Å²) in [5.41, 5.74) is 7.74. The summed E-state index contributed by atoms with van der Waals surface area (Å²) in [5.74, 6) is 0. The number of thiophene rings is 1. The summed E-state index contributed by atoms with van der Waals surface area (Å²) in [4.78, 5) is 13.7. The molecule has 146 valence electrons. The molecule has 5 rings (SSSR count). The zero-order valence-electron chi connectivity index (χ0n) is 16.4. The highest BCUT2D eigenvalue weighted by Gasteiger charge is 2.17. The SMILES string of the molecule is C=C/C=C(/c1cccs1)c1cc(-c2n[nH]c3cnc(-c4ccccn4)cc23)[nH]c1C. The summed E-state index contributed by atoms with van der Waals surface area (Å²) in [6.45, 7) is 5.97. The molecule has 5 nitrogen and oxygen atoms in total. The number of rotatable bonds is 5. The predicted molar refractivity (Wildman–Crippen MR) is 123 cm³/mol. The fourth-order valence-corrected chi connectivity index (χ4v) is 4.36. The van der Waals surface area contributed by atoms with Crippen molar-refractivity contribution in [2.24, 2.45) is 0 Å². The van der Waals surface area contributed by atoms with Crippen LogP contribution >= 0.6 is 11.3 Å². The van der Waals surface area contributed by atoms with E-state index in [-0.39, 0.29) is 0 Å². The van der Waals surface area contributed by atoms with Gasteiger partial charge in [0.25, 0.3) is 0 Å². The molecule has 0 aliphatic rings. The second kappa shape index (κ2) is 7.57. The molecule has 6 heteroatoms. The van der Waals surface area contributed by atoms with Crippen LogP contribution in [-0.2, 0) is 0 Å². The van der Waals surface area contributed by atoms with E-state index in [9.17, 15) is 0 Å². The molecule has 5 aromatic heterocycles. The van der Waals surface area contributed by atoms with Gasteiger partial charge in [-0.2, -0.15) is 5.10 Å². The summed E-state index contributed by atoms with van der Waals surface area (Å²) in [7, 11) is 0. The molecule has 0 aromatic carbocycles. The maximum Gasteiger partial charge on any atom is 0.116 e. The Labute approximate surface area is 177 Å². The van der Waals surface area contributed by atoms with Crippen molar-refractivity contribution in [1.82, 2.24) is 25.1 Å². The highest BCUT2D eigenvalue weighted by atomic mass is 32.1. The van der Waals surface area contributed by atoms with Gasteiger partial charge in [0.05, 0.1) is 28.8 Å². The van der Waals surface area contributed by atoms with Crippen molar-refractivity contribution in [2.75, 3.05) is 0 Å². The van der Waals surface area contributed by atoms with Crippen LogP contribution in [0.4, 0.5) is 0 Å². The van der Waals surface area contributed by atoms with Crippen LogP contribution in [0.15, 0.2) is 79.0 Å². The minimum atomic E-state index is 0.820. The monoisotopic (exact) mass is 409 g/mol. The van der Waals surface area contributed by atoms with E-state index in [4.69, 9.17) is 0 Å². The third-order valence-corrected chi connectivity index (χ3v) is 5.91. The average molecular weight is 410 g/mol. The molecule has 0 spiro atoms. The van der Waals surface area contributed by atoms with Gasteiger partial charge < -0.3 is 4.98 Å². The van der Waals surface area contributed by atoms with E-state index in [0.717, 1.165) is 50.5 Å². The van der Waals surface area contributed by atoms with Gasteiger partial charge >= 0.3 is 0 Å². The van der Waals surface area contributed by atoms with Crippen LogP contribution in [0.25, 0.3) is 39.3 Å². The lowest BCUT2D eigenvalue weighted by Gasteiger charge is -2.03. The third kappa shape index (κ3) is 3.17. The van der Waals surface area contributed by atoms with Crippen molar-refractivity contribution < 1.29 is 0 Å². The van der Waals surface area contributed by atoms with Crippen molar-refractivity contribution in [3.63, 3.8) is 0 Å². The first-order valence-electron chi connectivity index (χ1n) is 9.57. The number of hydrogen-bond acceptors (Lipinski definition) is 4. The standard InChI is InChI=1S/C24H19N5S/c1-3-7-16(23-9-6-11-30-23)17-12-21(27-15(17)2)24-18-13-20(19-8-4-5-10-25-19)26-14-22(18)28-29-24/h3-14,27H,1H2,2H3,(H,28,29)/b16-7+. The van der Waals surface area contributed by atoms with Crippen LogP contribution in [0, 0.1) is 6.92 Å². The molecular formula is C24H19N5S. The number of fused-ring (bicyclic) bond motifs is 1. The minimum absolute atomic E-state index is 0.820. The number of pyridine rings is 2. The lowest BCUT2D eigenvalue weighted by Crippen LogP contribution is -1.86. The zero-order valence-corrected chi connectivity index (χ0v) is 17.2. The molecule has 5 aromatic rings. The van der Waals surface area contributed by atoms with Crippen molar-refractivity contribution in [3.05, 3.63) is 95.1 Å². The predicted octanol–water partition coefficient (Wildman–Crippen LogP) is 6.00. The largest absolute Gasteiger partial charge is 0.357 e. The Bertz CT molecular complexity index is 1360. The number of H-pyrrole nitrogens is 2. The lowest BCUT2D eigenvalue weighted by molar-refractivity contribution is 1.11. The Morgan fingerprint density at radius 2 is 2.03 bits per heavy atom.